The maximum absolute atomic E-state index is 11.9. The summed E-state index contributed by atoms with van der Waals surface area (Å²) >= 11 is 0. The summed E-state index contributed by atoms with van der Waals surface area (Å²) in [7, 11) is 0. The highest BCUT2D eigenvalue weighted by atomic mass is 16.2. The van der Waals surface area contributed by atoms with E-state index in [0.717, 1.165) is 16.7 Å². The molecule has 0 fully saturated rings. The molecule has 2 N–H and O–H groups in total. The van der Waals surface area contributed by atoms with E-state index in [2.05, 4.69) is 20.5 Å². The predicted octanol–water partition coefficient (Wildman–Crippen LogP) is 1.71. The third-order valence-corrected chi connectivity index (χ3v) is 2.81. The van der Waals surface area contributed by atoms with Crippen molar-refractivity contribution in [3.63, 3.8) is 0 Å². The van der Waals surface area contributed by atoms with Crippen molar-refractivity contribution in [3.05, 3.63) is 42.4 Å². The quantitative estimate of drug-likeness (QED) is 0.748. The monoisotopic (exact) mass is 255 g/mol. The van der Waals surface area contributed by atoms with Crippen LogP contribution in [0.25, 0.3) is 11.0 Å². The zero-order valence-corrected chi connectivity index (χ0v) is 10.4. The van der Waals surface area contributed by atoms with Gasteiger partial charge in [0.25, 0.3) is 0 Å². The molecule has 0 aliphatic carbocycles. The molecule has 0 spiro atoms. The summed E-state index contributed by atoms with van der Waals surface area (Å²) in [6, 6.07) is 9.49. The van der Waals surface area contributed by atoms with Gasteiger partial charge in [0.15, 0.2) is 5.82 Å². The fourth-order valence-electron chi connectivity index (χ4n) is 1.96. The van der Waals surface area contributed by atoms with Crippen molar-refractivity contribution in [1.82, 2.24) is 19.7 Å². The number of nitrogens with zero attached hydrogens (tertiary/aromatic N) is 3. The Hall–Kier alpha value is -2.63. The maximum Gasteiger partial charge on any atom is 0.245 e. The molecule has 3 rings (SSSR count). The number of imidazole rings is 1. The summed E-state index contributed by atoms with van der Waals surface area (Å²) in [5.74, 6) is 0.404. The molecule has 19 heavy (non-hydrogen) atoms. The second-order valence-corrected chi connectivity index (χ2v) is 4.35. The van der Waals surface area contributed by atoms with E-state index < -0.39 is 0 Å². The Labute approximate surface area is 109 Å². The Morgan fingerprint density at radius 2 is 2.26 bits per heavy atom. The van der Waals surface area contributed by atoms with Crippen molar-refractivity contribution in [2.24, 2.45) is 0 Å². The molecule has 0 saturated heterocycles. The summed E-state index contributed by atoms with van der Waals surface area (Å²) in [5.41, 5.74) is 2.73. The number of anilines is 1. The van der Waals surface area contributed by atoms with Crippen molar-refractivity contribution in [1.29, 1.82) is 0 Å². The number of amides is 1. The number of hydrogen-bond donors (Lipinski definition) is 2. The van der Waals surface area contributed by atoms with E-state index in [4.69, 9.17) is 0 Å². The van der Waals surface area contributed by atoms with Crippen LogP contribution in [0.15, 0.2) is 36.7 Å². The van der Waals surface area contributed by atoms with Gasteiger partial charge in [0.2, 0.25) is 5.91 Å². The first kappa shape index (κ1) is 11.5. The Bertz CT molecular complexity index is 727. The first-order valence-corrected chi connectivity index (χ1v) is 5.94. The van der Waals surface area contributed by atoms with Gasteiger partial charge in [-0.2, -0.15) is 5.10 Å². The molecule has 0 bridgehead atoms. The van der Waals surface area contributed by atoms with Crippen LogP contribution in [0.2, 0.25) is 0 Å². The van der Waals surface area contributed by atoms with Gasteiger partial charge < -0.3 is 9.88 Å². The van der Waals surface area contributed by atoms with Crippen LogP contribution in [0.5, 0.6) is 0 Å². The molecule has 0 aliphatic rings. The number of carbonyl (C=O) groups excluding carboxylic acids is 1. The number of carbonyl (C=O) groups is 1. The Morgan fingerprint density at radius 1 is 1.42 bits per heavy atom. The summed E-state index contributed by atoms with van der Waals surface area (Å²) in [6.07, 6.45) is 1.67. The lowest BCUT2D eigenvalue weighted by molar-refractivity contribution is -0.116. The first-order chi connectivity index (χ1) is 9.22. The molecule has 6 nitrogen and oxygen atoms in total. The molecular weight excluding hydrogens is 242 g/mol. The van der Waals surface area contributed by atoms with E-state index >= 15 is 0 Å². The molecular formula is C13H13N5O. The SMILES string of the molecule is Cc1cc(NC(=O)Cn2cnc3ccccc32)n[nH]1. The van der Waals surface area contributed by atoms with Crippen LogP contribution < -0.4 is 5.32 Å². The lowest BCUT2D eigenvalue weighted by atomic mass is 10.3. The van der Waals surface area contributed by atoms with E-state index in [1.807, 2.05) is 35.8 Å². The van der Waals surface area contributed by atoms with E-state index in [9.17, 15) is 4.79 Å². The van der Waals surface area contributed by atoms with Gasteiger partial charge in [0.1, 0.15) is 6.54 Å². The number of aromatic nitrogens is 4. The van der Waals surface area contributed by atoms with Crippen LogP contribution in [0.4, 0.5) is 5.82 Å². The van der Waals surface area contributed by atoms with Gasteiger partial charge in [0.05, 0.1) is 17.4 Å². The largest absolute Gasteiger partial charge is 0.321 e. The molecule has 0 radical (unpaired) electrons. The third-order valence-electron chi connectivity index (χ3n) is 2.81. The van der Waals surface area contributed by atoms with Gasteiger partial charge in [-0.3, -0.25) is 9.89 Å². The number of aromatic amines is 1. The average Bonchev–Trinajstić information content (AvgIpc) is 2.97. The Balaban J connectivity index is 1.76. The predicted molar refractivity (Wildman–Crippen MR) is 71.7 cm³/mol. The molecule has 96 valence electrons. The van der Waals surface area contributed by atoms with Crippen molar-refractivity contribution in [2.75, 3.05) is 5.32 Å². The summed E-state index contributed by atoms with van der Waals surface area (Å²) in [4.78, 5) is 16.2. The fourth-order valence-corrected chi connectivity index (χ4v) is 1.96. The van der Waals surface area contributed by atoms with Crippen molar-refractivity contribution < 1.29 is 4.79 Å². The van der Waals surface area contributed by atoms with Gasteiger partial charge in [-0.15, -0.1) is 0 Å². The highest BCUT2D eigenvalue weighted by Gasteiger charge is 2.08. The normalized spacial score (nSPS) is 10.8. The average molecular weight is 255 g/mol. The van der Waals surface area contributed by atoms with Crippen LogP contribution in [-0.4, -0.2) is 25.7 Å². The Morgan fingerprint density at radius 3 is 3.05 bits per heavy atom. The number of hydrogen-bond acceptors (Lipinski definition) is 3. The van der Waals surface area contributed by atoms with Gasteiger partial charge in [-0.1, -0.05) is 12.1 Å². The summed E-state index contributed by atoms with van der Waals surface area (Å²) < 4.78 is 1.81. The summed E-state index contributed by atoms with van der Waals surface area (Å²) in [6.45, 7) is 2.10. The fraction of sp³-hybridized carbons (Fsp3) is 0.154. The van der Waals surface area contributed by atoms with Crippen molar-refractivity contribution in [2.45, 2.75) is 13.5 Å². The number of H-pyrrole nitrogens is 1. The minimum absolute atomic E-state index is 0.130. The number of nitrogens with one attached hydrogen (secondary N) is 2. The minimum Gasteiger partial charge on any atom is -0.321 e. The number of rotatable bonds is 3. The number of fused-ring (bicyclic) bond motifs is 1. The highest BCUT2D eigenvalue weighted by molar-refractivity contribution is 5.90. The van der Waals surface area contributed by atoms with E-state index in [-0.39, 0.29) is 12.5 Å². The molecule has 2 aromatic heterocycles. The van der Waals surface area contributed by atoms with Gasteiger partial charge >= 0.3 is 0 Å². The second kappa shape index (κ2) is 4.56. The highest BCUT2D eigenvalue weighted by Crippen LogP contribution is 2.12. The van der Waals surface area contributed by atoms with Crippen molar-refractivity contribution in [3.8, 4) is 0 Å². The molecule has 0 saturated carbocycles. The molecule has 2 heterocycles. The maximum atomic E-state index is 11.9. The molecule has 6 heteroatoms. The second-order valence-electron chi connectivity index (χ2n) is 4.35. The van der Waals surface area contributed by atoms with Gasteiger partial charge in [0, 0.05) is 11.8 Å². The van der Waals surface area contributed by atoms with Crippen LogP contribution in [0.3, 0.4) is 0 Å². The van der Waals surface area contributed by atoms with Gasteiger partial charge in [-0.05, 0) is 19.1 Å². The van der Waals surface area contributed by atoms with E-state index in [1.165, 1.54) is 0 Å². The number of aryl methyl sites for hydroxylation is 1. The molecule has 1 aromatic carbocycles. The molecule has 3 aromatic rings. The van der Waals surface area contributed by atoms with Crippen LogP contribution in [0.1, 0.15) is 5.69 Å². The minimum atomic E-state index is -0.130. The van der Waals surface area contributed by atoms with Crippen LogP contribution in [-0.2, 0) is 11.3 Å². The van der Waals surface area contributed by atoms with Crippen molar-refractivity contribution >= 4 is 22.8 Å². The zero-order valence-electron chi connectivity index (χ0n) is 10.4. The molecule has 1 amide bonds. The van der Waals surface area contributed by atoms with Crippen LogP contribution >= 0.6 is 0 Å². The van der Waals surface area contributed by atoms with Crippen LogP contribution in [0, 0.1) is 6.92 Å². The first-order valence-electron chi connectivity index (χ1n) is 5.94. The number of para-hydroxylation sites is 2. The lowest BCUT2D eigenvalue weighted by Gasteiger charge is -2.04. The standard InChI is InChI=1S/C13H13N5O/c1-9-6-12(17-16-9)15-13(19)7-18-8-14-10-4-2-3-5-11(10)18/h2-6,8H,7H2,1H3,(H2,15,16,17,19). The molecule has 0 atom stereocenters. The zero-order chi connectivity index (χ0) is 13.2. The number of benzene rings is 1. The third kappa shape index (κ3) is 2.33. The summed E-state index contributed by atoms with van der Waals surface area (Å²) in [5, 5.41) is 9.48. The molecule has 0 aliphatic heterocycles. The van der Waals surface area contributed by atoms with Gasteiger partial charge in [-0.25, -0.2) is 4.98 Å². The Kier molecular flexibility index (Phi) is 2.75. The van der Waals surface area contributed by atoms with E-state index in [0.29, 0.717) is 5.82 Å². The lowest BCUT2D eigenvalue weighted by Crippen LogP contribution is -2.18. The topological polar surface area (TPSA) is 75.6 Å². The smallest absolute Gasteiger partial charge is 0.245 e. The molecule has 0 unspecified atom stereocenters. The van der Waals surface area contributed by atoms with E-state index in [1.54, 1.807) is 12.4 Å².